The monoisotopic (exact) mass is 406 g/mol. The van der Waals surface area contributed by atoms with Gasteiger partial charge in [-0.3, -0.25) is 4.79 Å². The number of carboxylic acids is 1. The third-order valence-electron chi connectivity index (χ3n) is 4.59. The van der Waals surface area contributed by atoms with Gasteiger partial charge in [-0.15, -0.1) is 0 Å². The van der Waals surface area contributed by atoms with Gasteiger partial charge in [0.2, 0.25) is 17.8 Å². The summed E-state index contributed by atoms with van der Waals surface area (Å²) in [5, 5.41) is 18.3. The normalized spacial score (nSPS) is 11.6. The molecule has 0 spiro atoms. The number of carboxylic acid groups (broad SMARTS) is 1. The Labute approximate surface area is 175 Å². The van der Waals surface area contributed by atoms with Gasteiger partial charge in [-0.05, 0) is 55.2 Å². The van der Waals surface area contributed by atoms with Crippen molar-refractivity contribution >= 4 is 35.2 Å². The second kappa shape index (κ2) is 9.69. The van der Waals surface area contributed by atoms with Crippen molar-refractivity contribution in [3.8, 4) is 0 Å². The molecule has 0 bridgehead atoms. The molecule has 0 aliphatic rings. The molecule has 3 aromatic rings. The van der Waals surface area contributed by atoms with Gasteiger partial charge in [0.1, 0.15) is 6.04 Å². The van der Waals surface area contributed by atoms with E-state index in [4.69, 9.17) is 0 Å². The van der Waals surface area contributed by atoms with Crippen LogP contribution in [0.2, 0.25) is 0 Å². The van der Waals surface area contributed by atoms with E-state index in [1.165, 1.54) is 18.1 Å². The van der Waals surface area contributed by atoms with Crippen LogP contribution in [0.3, 0.4) is 0 Å². The molecule has 0 radical (unpaired) electrons. The Kier molecular flexibility index (Phi) is 6.79. The highest BCUT2D eigenvalue weighted by atomic mass is 16.4. The molecule has 0 saturated heterocycles. The van der Waals surface area contributed by atoms with Crippen molar-refractivity contribution in [1.29, 1.82) is 0 Å². The van der Waals surface area contributed by atoms with Crippen LogP contribution in [0.1, 0.15) is 31.9 Å². The largest absolute Gasteiger partial charge is 0.480 e. The fourth-order valence-electron chi connectivity index (χ4n) is 2.71. The Bertz CT molecular complexity index is 922. The van der Waals surface area contributed by atoms with E-state index in [0.29, 0.717) is 11.9 Å². The first-order valence-corrected chi connectivity index (χ1v) is 9.94. The summed E-state index contributed by atoms with van der Waals surface area (Å²) in [7, 11) is 0. The van der Waals surface area contributed by atoms with E-state index in [1.54, 1.807) is 0 Å². The molecule has 1 atom stereocenters. The maximum atomic E-state index is 11.2. The molecule has 0 amide bonds. The standard InChI is InChI=1S/C22H26N6O2/c1-4-15-6-10-17(11-7-15)24-21-26-20(23-14(3)19(29)30)27-22(28-21)25-18-12-8-16(5-2)9-13-18/h6-14H,4-5H2,1-3H3,(H,29,30)(H3,23,24,25,26,27,28)/t14-/m1/s1. The summed E-state index contributed by atoms with van der Waals surface area (Å²) < 4.78 is 0. The van der Waals surface area contributed by atoms with Crippen LogP contribution >= 0.6 is 0 Å². The van der Waals surface area contributed by atoms with Crippen LogP contribution in [0.15, 0.2) is 48.5 Å². The van der Waals surface area contributed by atoms with Crippen LogP contribution in [0.25, 0.3) is 0 Å². The Hall–Kier alpha value is -3.68. The zero-order valence-electron chi connectivity index (χ0n) is 17.3. The molecule has 0 aliphatic heterocycles. The summed E-state index contributed by atoms with van der Waals surface area (Å²) in [4.78, 5) is 24.3. The third-order valence-corrected chi connectivity index (χ3v) is 4.59. The van der Waals surface area contributed by atoms with Gasteiger partial charge in [0.25, 0.3) is 0 Å². The Balaban J connectivity index is 1.87. The van der Waals surface area contributed by atoms with E-state index in [9.17, 15) is 9.90 Å². The maximum absolute atomic E-state index is 11.2. The number of hydrogen-bond donors (Lipinski definition) is 4. The van der Waals surface area contributed by atoms with Gasteiger partial charge in [-0.25, -0.2) is 0 Å². The first-order valence-electron chi connectivity index (χ1n) is 9.94. The molecule has 156 valence electrons. The molecule has 4 N–H and O–H groups in total. The number of benzene rings is 2. The van der Waals surface area contributed by atoms with Crippen molar-refractivity contribution < 1.29 is 9.90 Å². The average molecular weight is 406 g/mol. The lowest BCUT2D eigenvalue weighted by Crippen LogP contribution is -2.26. The lowest BCUT2D eigenvalue weighted by Gasteiger charge is -2.13. The number of hydrogen-bond acceptors (Lipinski definition) is 7. The second-order valence-electron chi connectivity index (χ2n) is 6.86. The predicted octanol–water partition coefficient (Wildman–Crippen LogP) is 4.37. The van der Waals surface area contributed by atoms with Crippen LogP contribution in [-0.2, 0) is 17.6 Å². The summed E-state index contributed by atoms with van der Waals surface area (Å²) in [6.45, 7) is 5.72. The van der Waals surface area contributed by atoms with Crippen molar-refractivity contribution in [2.24, 2.45) is 0 Å². The smallest absolute Gasteiger partial charge is 0.325 e. The highest BCUT2D eigenvalue weighted by Gasteiger charge is 2.14. The van der Waals surface area contributed by atoms with Gasteiger partial charge < -0.3 is 21.1 Å². The summed E-state index contributed by atoms with van der Waals surface area (Å²) in [6.07, 6.45) is 1.91. The molecular formula is C22H26N6O2. The number of carbonyl (C=O) groups is 1. The van der Waals surface area contributed by atoms with Crippen molar-refractivity contribution in [1.82, 2.24) is 15.0 Å². The van der Waals surface area contributed by atoms with E-state index >= 15 is 0 Å². The number of aliphatic carboxylic acids is 1. The lowest BCUT2D eigenvalue weighted by molar-refractivity contribution is -0.137. The summed E-state index contributed by atoms with van der Waals surface area (Å²) in [6, 6.07) is 15.1. The Morgan fingerprint density at radius 1 is 0.800 bits per heavy atom. The maximum Gasteiger partial charge on any atom is 0.325 e. The van der Waals surface area contributed by atoms with Gasteiger partial charge in [-0.1, -0.05) is 38.1 Å². The molecule has 3 rings (SSSR count). The minimum absolute atomic E-state index is 0.167. The summed E-state index contributed by atoms with van der Waals surface area (Å²) in [5.41, 5.74) is 4.11. The molecule has 0 unspecified atom stereocenters. The number of nitrogens with zero attached hydrogens (tertiary/aromatic N) is 3. The van der Waals surface area contributed by atoms with Crippen LogP contribution in [0.4, 0.5) is 29.2 Å². The third kappa shape index (κ3) is 5.66. The van der Waals surface area contributed by atoms with E-state index in [2.05, 4.69) is 44.7 Å². The van der Waals surface area contributed by atoms with E-state index in [0.717, 1.165) is 24.2 Å². The van der Waals surface area contributed by atoms with Crippen LogP contribution in [0.5, 0.6) is 0 Å². The molecule has 8 heteroatoms. The Morgan fingerprint density at radius 2 is 1.20 bits per heavy atom. The zero-order valence-corrected chi connectivity index (χ0v) is 17.3. The van der Waals surface area contributed by atoms with Crippen molar-refractivity contribution in [2.45, 2.75) is 39.7 Å². The first kappa shape index (κ1) is 21.0. The summed E-state index contributed by atoms with van der Waals surface area (Å²) in [5.74, 6) is -0.214. The molecule has 8 nitrogen and oxygen atoms in total. The van der Waals surface area contributed by atoms with E-state index < -0.39 is 12.0 Å². The number of aromatic nitrogens is 3. The van der Waals surface area contributed by atoms with E-state index in [-0.39, 0.29) is 5.95 Å². The van der Waals surface area contributed by atoms with Crippen molar-refractivity contribution in [3.63, 3.8) is 0 Å². The van der Waals surface area contributed by atoms with Crippen molar-refractivity contribution in [3.05, 3.63) is 59.7 Å². The molecule has 0 fully saturated rings. The van der Waals surface area contributed by atoms with Gasteiger partial charge in [0.15, 0.2) is 0 Å². The highest BCUT2D eigenvalue weighted by molar-refractivity contribution is 5.76. The molecular weight excluding hydrogens is 380 g/mol. The van der Waals surface area contributed by atoms with Crippen LogP contribution < -0.4 is 16.0 Å². The fourth-order valence-corrected chi connectivity index (χ4v) is 2.71. The predicted molar refractivity (Wildman–Crippen MR) is 119 cm³/mol. The number of anilines is 5. The number of aryl methyl sites for hydroxylation is 2. The molecule has 2 aromatic carbocycles. The second-order valence-corrected chi connectivity index (χ2v) is 6.86. The van der Waals surface area contributed by atoms with Gasteiger partial charge >= 0.3 is 5.97 Å². The zero-order chi connectivity index (χ0) is 21.5. The molecule has 0 saturated carbocycles. The average Bonchev–Trinajstić information content (AvgIpc) is 2.74. The first-order chi connectivity index (χ1) is 14.5. The molecule has 0 aliphatic carbocycles. The van der Waals surface area contributed by atoms with E-state index in [1.807, 2.05) is 48.5 Å². The van der Waals surface area contributed by atoms with Gasteiger partial charge in [-0.2, -0.15) is 15.0 Å². The molecule has 1 aromatic heterocycles. The van der Waals surface area contributed by atoms with Crippen LogP contribution in [-0.4, -0.2) is 32.1 Å². The summed E-state index contributed by atoms with van der Waals surface area (Å²) >= 11 is 0. The minimum atomic E-state index is -0.996. The topological polar surface area (TPSA) is 112 Å². The number of nitrogens with one attached hydrogen (secondary N) is 3. The Morgan fingerprint density at radius 3 is 1.57 bits per heavy atom. The number of rotatable bonds is 9. The van der Waals surface area contributed by atoms with Gasteiger partial charge in [0.05, 0.1) is 0 Å². The quantitative estimate of drug-likeness (QED) is 0.414. The molecule has 30 heavy (non-hydrogen) atoms. The highest BCUT2D eigenvalue weighted by Crippen LogP contribution is 2.20. The SMILES string of the molecule is CCc1ccc(Nc2nc(Nc3ccc(CC)cc3)nc(N[C@H](C)C(=O)O)n2)cc1. The minimum Gasteiger partial charge on any atom is -0.480 e. The lowest BCUT2D eigenvalue weighted by atomic mass is 10.1. The fraction of sp³-hybridized carbons (Fsp3) is 0.273. The van der Waals surface area contributed by atoms with Crippen molar-refractivity contribution in [2.75, 3.05) is 16.0 Å². The molecule has 1 heterocycles. The van der Waals surface area contributed by atoms with Gasteiger partial charge in [0, 0.05) is 11.4 Å². The van der Waals surface area contributed by atoms with Crippen LogP contribution in [0, 0.1) is 0 Å².